The van der Waals surface area contributed by atoms with Crippen molar-refractivity contribution < 1.29 is 14.6 Å². The molecule has 110 valence electrons. The Morgan fingerprint density at radius 2 is 2.14 bits per heavy atom. The van der Waals surface area contributed by atoms with Crippen LogP contribution in [0.3, 0.4) is 0 Å². The Hall–Kier alpha value is -1.90. The van der Waals surface area contributed by atoms with Crippen LogP contribution in [0.2, 0.25) is 0 Å². The topological polar surface area (TPSA) is 62.7 Å². The van der Waals surface area contributed by atoms with Gasteiger partial charge in [0.1, 0.15) is 5.69 Å². The van der Waals surface area contributed by atoms with Crippen molar-refractivity contribution in [2.75, 3.05) is 19.7 Å². The van der Waals surface area contributed by atoms with Gasteiger partial charge in [0.25, 0.3) is 5.91 Å². The second-order valence-corrected chi connectivity index (χ2v) is 5.38. The molecule has 2 unspecified atom stereocenters. The van der Waals surface area contributed by atoms with E-state index in [-0.39, 0.29) is 24.7 Å². The van der Waals surface area contributed by atoms with Crippen LogP contribution in [-0.4, -0.2) is 52.8 Å². The number of hydrogen-bond acceptors (Lipinski definition) is 4. The van der Waals surface area contributed by atoms with Crippen molar-refractivity contribution >= 4 is 5.91 Å². The molecule has 1 aromatic rings. The van der Waals surface area contributed by atoms with E-state index in [9.17, 15) is 4.79 Å². The van der Waals surface area contributed by atoms with Gasteiger partial charge >= 0.3 is 0 Å². The molecule has 2 atom stereocenters. The Balaban J connectivity index is 1.66. The molecule has 1 aromatic heterocycles. The molecule has 21 heavy (non-hydrogen) atoms. The minimum Gasteiger partial charge on any atom is -0.395 e. The molecule has 0 aromatic carbocycles. The van der Waals surface area contributed by atoms with Gasteiger partial charge in [0.2, 0.25) is 0 Å². The SMILES string of the molecule is O=C(c1ccc(C#CCCO)cn1)N1CC2CCC(C1)O2. The molecular weight excluding hydrogens is 268 g/mol. The van der Waals surface area contributed by atoms with Gasteiger partial charge in [0.05, 0.1) is 18.8 Å². The maximum absolute atomic E-state index is 12.4. The predicted molar refractivity (Wildman–Crippen MR) is 76.6 cm³/mol. The summed E-state index contributed by atoms with van der Waals surface area (Å²) in [6.45, 7) is 1.38. The van der Waals surface area contributed by atoms with E-state index in [1.165, 1.54) is 0 Å². The van der Waals surface area contributed by atoms with Crippen LogP contribution in [0.1, 0.15) is 35.3 Å². The van der Waals surface area contributed by atoms with Crippen LogP contribution in [0.25, 0.3) is 0 Å². The normalized spacial score (nSPS) is 23.6. The number of fused-ring (bicyclic) bond motifs is 2. The van der Waals surface area contributed by atoms with Crippen LogP contribution in [-0.2, 0) is 4.74 Å². The minimum atomic E-state index is -0.0370. The molecule has 1 N–H and O–H groups in total. The summed E-state index contributed by atoms with van der Waals surface area (Å²) in [5, 5.41) is 8.67. The van der Waals surface area contributed by atoms with E-state index in [1.807, 2.05) is 4.90 Å². The maximum atomic E-state index is 12.4. The number of aliphatic hydroxyl groups is 1. The van der Waals surface area contributed by atoms with E-state index in [4.69, 9.17) is 9.84 Å². The minimum absolute atomic E-state index is 0.0370. The highest BCUT2D eigenvalue weighted by atomic mass is 16.5. The average molecular weight is 286 g/mol. The largest absolute Gasteiger partial charge is 0.395 e. The molecule has 0 radical (unpaired) electrons. The van der Waals surface area contributed by atoms with Crippen LogP contribution >= 0.6 is 0 Å². The number of likely N-dealkylation sites (tertiary alicyclic amines) is 1. The van der Waals surface area contributed by atoms with Gasteiger partial charge in [-0.1, -0.05) is 11.8 Å². The number of carbonyl (C=O) groups is 1. The second kappa shape index (κ2) is 6.25. The number of hydrogen-bond donors (Lipinski definition) is 1. The number of aliphatic hydroxyl groups excluding tert-OH is 1. The fourth-order valence-corrected chi connectivity index (χ4v) is 2.76. The first-order chi connectivity index (χ1) is 10.3. The van der Waals surface area contributed by atoms with Gasteiger partial charge in [-0.2, -0.15) is 0 Å². The van der Waals surface area contributed by atoms with Crippen molar-refractivity contribution in [2.24, 2.45) is 0 Å². The Morgan fingerprint density at radius 3 is 2.76 bits per heavy atom. The third-order valence-electron chi connectivity index (χ3n) is 3.78. The Kier molecular flexibility index (Phi) is 4.18. The average Bonchev–Trinajstić information content (AvgIpc) is 2.86. The highest BCUT2D eigenvalue weighted by Gasteiger charge is 2.36. The molecule has 3 rings (SSSR count). The molecule has 2 aliphatic heterocycles. The zero-order chi connectivity index (χ0) is 14.7. The van der Waals surface area contributed by atoms with Gasteiger partial charge in [-0.3, -0.25) is 4.79 Å². The zero-order valence-corrected chi connectivity index (χ0v) is 11.8. The molecule has 2 saturated heterocycles. The second-order valence-electron chi connectivity index (χ2n) is 5.38. The van der Waals surface area contributed by atoms with E-state index >= 15 is 0 Å². The summed E-state index contributed by atoms with van der Waals surface area (Å²) in [4.78, 5) is 18.5. The van der Waals surface area contributed by atoms with Crippen molar-refractivity contribution in [1.82, 2.24) is 9.88 Å². The quantitative estimate of drug-likeness (QED) is 0.818. The summed E-state index contributed by atoms with van der Waals surface area (Å²) >= 11 is 0. The van der Waals surface area contributed by atoms with Crippen LogP contribution in [0.4, 0.5) is 0 Å². The van der Waals surface area contributed by atoms with Gasteiger partial charge in [0, 0.05) is 31.3 Å². The lowest BCUT2D eigenvalue weighted by Gasteiger charge is -2.31. The lowest BCUT2D eigenvalue weighted by Crippen LogP contribution is -2.46. The van der Waals surface area contributed by atoms with E-state index in [2.05, 4.69) is 16.8 Å². The Morgan fingerprint density at radius 1 is 1.38 bits per heavy atom. The predicted octanol–water partition coefficient (Wildman–Crippen LogP) is 0.819. The van der Waals surface area contributed by atoms with E-state index in [0.29, 0.717) is 25.2 Å². The number of carbonyl (C=O) groups excluding carboxylic acids is 1. The van der Waals surface area contributed by atoms with E-state index < -0.39 is 0 Å². The number of amides is 1. The first kappa shape index (κ1) is 14.1. The van der Waals surface area contributed by atoms with Crippen molar-refractivity contribution in [3.63, 3.8) is 0 Å². The zero-order valence-electron chi connectivity index (χ0n) is 11.8. The summed E-state index contributed by atoms with van der Waals surface area (Å²) < 4.78 is 5.73. The molecule has 1 amide bonds. The highest BCUT2D eigenvalue weighted by Crippen LogP contribution is 2.26. The van der Waals surface area contributed by atoms with Gasteiger partial charge in [-0.25, -0.2) is 4.98 Å². The Labute approximate surface area is 123 Å². The number of ether oxygens (including phenoxy) is 1. The van der Waals surface area contributed by atoms with Crippen LogP contribution in [0.15, 0.2) is 18.3 Å². The summed E-state index contributed by atoms with van der Waals surface area (Å²) in [7, 11) is 0. The number of pyridine rings is 1. The molecule has 0 aliphatic carbocycles. The van der Waals surface area contributed by atoms with Gasteiger partial charge < -0.3 is 14.7 Å². The maximum Gasteiger partial charge on any atom is 0.272 e. The summed E-state index contributed by atoms with van der Waals surface area (Å²) in [5.74, 6) is 5.69. The molecule has 5 heteroatoms. The van der Waals surface area contributed by atoms with Crippen molar-refractivity contribution in [3.05, 3.63) is 29.6 Å². The molecule has 2 fully saturated rings. The first-order valence-electron chi connectivity index (χ1n) is 7.27. The van der Waals surface area contributed by atoms with Crippen molar-refractivity contribution in [1.29, 1.82) is 0 Å². The first-order valence-corrected chi connectivity index (χ1v) is 7.27. The third kappa shape index (κ3) is 3.23. The lowest BCUT2D eigenvalue weighted by molar-refractivity contribution is -0.0305. The van der Waals surface area contributed by atoms with Crippen molar-refractivity contribution in [3.8, 4) is 11.8 Å². The number of rotatable bonds is 2. The van der Waals surface area contributed by atoms with Gasteiger partial charge in [-0.15, -0.1) is 0 Å². The molecule has 2 aliphatic rings. The molecule has 3 heterocycles. The highest BCUT2D eigenvalue weighted by molar-refractivity contribution is 5.92. The van der Waals surface area contributed by atoms with Crippen LogP contribution in [0, 0.1) is 11.8 Å². The molecule has 2 bridgehead atoms. The third-order valence-corrected chi connectivity index (χ3v) is 3.78. The molecule has 0 spiro atoms. The number of aromatic nitrogens is 1. The molecule has 5 nitrogen and oxygen atoms in total. The standard InChI is InChI=1S/C16H18N2O3/c19-8-2-1-3-12-4-7-15(17-9-12)16(20)18-10-13-5-6-14(11-18)21-13/h4,7,9,13-14,19H,2,5-6,8,10-11H2. The summed E-state index contributed by atoms with van der Waals surface area (Å²) in [5.41, 5.74) is 1.20. The fraction of sp³-hybridized carbons (Fsp3) is 0.500. The van der Waals surface area contributed by atoms with E-state index in [1.54, 1.807) is 18.3 Å². The van der Waals surface area contributed by atoms with E-state index in [0.717, 1.165) is 18.4 Å². The number of morpholine rings is 1. The summed E-state index contributed by atoms with van der Waals surface area (Å²) in [6, 6.07) is 3.50. The number of nitrogens with zero attached hydrogens (tertiary/aromatic N) is 2. The lowest BCUT2D eigenvalue weighted by atomic mass is 10.2. The fourth-order valence-electron chi connectivity index (χ4n) is 2.76. The molecular formula is C16H18N2O3. The van der Waals surface area contributed by atoms with Crippen LogP contribution < -0.4 is 0 Å². The summed E-state index contributed by atoms with van der Waals surface area (Å²) in [6.07, 6.45) is 4.51. The van der Waals surface area contributed by atoms with Gasteiger partial charge in [-0.05, 0) is 25.0 Å². The van der Waals surface area contributed by atoms with Gasteiger partial charge in [0.15, 0.2) is 0 Å². The van der Waals surface area contributed by atoms with Crippen molar-refractivity contribution in [2.45, 2.75) is 31.5 Å². The smallest absolute Gasteiger partial charge is 0.272 e. The molecule has 0 saturated carbocycles. The van der Waals surface area contributed by atoms with Crippen LogP contribution in [0.5, 0.6) is 0 Å². The monoisotopic (exact) mass is 286 g/mol. The Bertz CT molecular complexity index is 561.